The zero-order valence-corrected chi connectivity index (χ0v) is 16.8. The Morgan fingerprint density at radius 1 is 1.21 bits per heavy atom. The smallest absolute Gasteiger partial charge is 0.358 e. The van der Waals surface area contributed by atoms with Crippen molar-refractivity contribution in [3.05, 3.63) is 74.3 Å². The fraction of sp³-hybridized carbons (Fsp3) is 0.150. The third kappa shape index (κ3) is 4.03. The van der Waals surface area contributed by atoms with Crippen LogP contribution in [0.25, 0.3) is 21.8 Å². The van der Waals surface area contributed by atoms with Crippen molar-refractivity contribution in [1.82, 2.24) is 15.0 Å². The number of hydrogen-bond donors (Lipinski definition) is 0. The first-order chi connectivity index (χ1) is 14.0. The average Bonchev–Trinajstić information content (AvgIpc) is 3.23. The number of halogens is 1. The number of ether oxygens (including phenoxy) is 1. The van der Waals surface area contributed by atoms with Crippen molar-refractivity contribution in [2.75, 3.05) is 0 Å². The number of carbonyl (C=O) groups is 1. The number of nitrogens with zero attached hydrogens (tertiary/aromatic N) is 3. The van der Waals surface area contributed by atoms with Crippen LogP contribution >= 0.6 is 22.9 Å². The maximum absolute atomic E-state index is 12.4. The number of esters is 1. The van der Waals surface area contributed by atoms with Gasteiger partial charge in [-0.05, 0) is 30.2 Å². The molecule has 29 heavy (non-hydrogen) atoms. The molecule has 146 valence electrons. The van der Waals surface area contributed by atoms with Gasteiger partial charge >= 0.3 is 11.6 Å². The van der Waals surface area contributed by atoms with Crippen molar-refractivity contribution in [2.24, 2.45) is 0 Å². The summed E-state index contributed by atoms with van der Waals surface area (Å²) >= 11 is 7.53. The highest BCUT2D eigenvalue weighted by Gasteiger charge is 2.16. The van der Waals surface area contributed by atoms with Crippen molar-refractivity contribution in [3.63, 3.8) is 0 Å². The van der Waals surface area contributed by atoms with Crippen molar-refractivity contribution in [3.8, 4) is 10.8 Å². The summed E-state index contributed by atoms with van der Waals surface area (Å²) in [6.07, 6.45) is 3.90. The van der Waals surface area contributed by atoms with Crippen molar-refractivity contribution in [1.29, 1.82) is 0 Å². The minimum atomic E-state index is -0.610. The number of fused-ring (bicyclic) bond motifs is 1. The summed E-state index contributed by atoms with van der Waals surface area (Å²) < 4.78 is 10.6. The first-order valence-electron chi connectivity index (χ1n) is 8.70. The quantitative estimate of drug-likeness (QED) is 0.346. The van der Waals surface area contributed by atoms with Gasteiger partial charge < -0.3 is 9.15 Å². The molecule has 0 radical (unpaired) electrons. The van der Waals surface area contributed by atoms with E-state index in [1.165, 1.54) is 17.4 Å². The SMILES string of the molecule is CCc1cc2oc(=O)cc(COC(=O)c3csc(-c4ncccn4)n3)c2cc1Cl. The molecular weight excluding hydrogens is 414 g/mol. The molecule has 0 fully saturated rings. The van der Waals surface area contributed by atoms with E-state index in [9.17, 15) is 9.59 Å². The molecule has 3 heterocycles. The van der Waals surface area contributed by atoms with Crippen LogP contribution < -0.4 is 5.63 Å². The van der Waals surface area contributed by atoms with E-state index in [0.717, 1.165) is 5.56 Å². The lowest BCUT2D eigenvalue weighted by Gasteiger charge is -2.08. The lowest BCUT2D eigenvalue weighted by Crippen LogP contribution is -2.08. The van der Waals surface area contributed by atoms with Gasteiger partial charge in [0.15, 0.2) is 16.5 Å². The monoisotopic (exact) mass is 427 g/mol. The van der Waals surface area contributed by atoms with E-state index >= 15 is 0 Å². The van der Waals surface area contributed by atoms with Gasteiger partial charge in [-0.3, -0.25) is 0 Å². The molecule has 0 spiro atoms. The van der Waals surface area contributed by atoms with Crippen LogP contribution in [0.4, 0.5) is 0 Å². The van der Waals surface area contributed by atoms with Crippen LogP contribution in [0.2, 0.25) is 5.02 Å². The number of hydrogen-bond acceptors (Lipinski definition) is 8. The summed E-state index contributed by atoms with van der Waals surface area (Å²) in [6, 6.07) is 6.44. The topological polar surface area (TPSA) is 95.2 Å². The highest BCUT2D eigenvalue weighted by atomic mass is 35.5. The summed E-state index contributed by atoms with van der Waals surface area (Å²) in [4.78, 5) is 36.7. The van der Waals surface area contributed by atoms with Crippen LogP contribution in [0.15, 0.2) is 51.3 Å². The fourth-order valence-corrected chi connectivity index (χ4v) is 3.81. The van der Waals surface area contributed by atoms with Gasteiger partial charge in [0.2, 0.25) is 0 Å². The van der Waals surface area contributed by atoms with Crippen LogP contribution in [0, 0.1) is 0 Å². The second-order valence-corrected chi connectivity index (χ2v) is 7.34. The summed E-state index contributed by atoms with van der Waals surface area (Å²) in [5.74, 6) is -0.175. The van der Waals surface area contributed by atoms with Gasteiger partial charge in [-0.1, -0.05) is 18.5 Å². The summed E-state index contributed by atoms with van der Waals surface area (Å²) in [5.41, 5.74) is 1.41. The van der Waals surface area contributed by atoms with Gasteiger partial charge in [0.1, 0.15) is 12.2 Å². The second-order valence-electron chi connectivity index (χ2n) is 6.07. The molecule has 7 nitrogen and oxygen atoms in total. The largest absolute Gasteiger partial charge is 0.456 e. The minimum Gasteiger partial charge on any atom is -0.456 e. The number of benzene rings is 1. The first kappa shape index (κ1) is 19.2. The van der Waals surface area contributed by atoms with E-state index in [4.69, 9.17) is 20.8 Å². The van der Waals surface area contributed by atoms with E-state index in [0.29, 0.717) is 38.8 Å². The number of carbonyl (C=O) groups excluding carboxylic acids is 1. The highest BCUT2D eigenvalue weighted by Crippen LogP contribution is 2.27. The number of thiazole rings is 1. The Balaban J connectivity index is 1.57. The molecule has 9 heteroatoms. The van der Waals surface area contributed by atoms with E-state index in [1.807, 2.05) is 6.92 Å². The van der Waals surface area contributed by atoms with Gasteiger partial charge in [0, 0.05) is 39.8 Å². The first-order valence-corrected chi connectivity index (χ1v) is 9.96. The molecule has 3 aromatic heterocycles. The Morgan fingerprint density at radius 3 is 2.76 bits per heavy atom. The zero-order chi connectivity index (χ0) is 20.4. The number of rotatable bonds is 5. The van der Waals surface area contributed by atoms with Gasteiger partial charge in [-0.2, -0.15) is 0 Å². The molecule has 0 saturated heterocycles. The Labute approximate surface area is 174 Å². The van der Waals surface area contributed by atoms with Crippen molar-refractivity contribution < 1.29 is 13.9 Å². The Morgan fingerprint density at radius 2 is 2.00 bits per heavy atom. The van der Waals surface area contributed by atoms with Crippen molar-refractivity contribution in [2.45, 2.75) is 20.0 Å². The Kier molecular flexibility index (Phi) is 5.37. The molecule has 0 unspecified atom stereocenters. The Hall–Kier alpha value is -3.10. The molecule has 0 bridgehead atoms. The number of aromatic nitrogens is 3. The number of aryl methyl sites for hydroxylation is 1. The molecular formula is C20H14ClN3O4S. The molecule has 0 N–H and O–H groups in total. The second kappa shape index (κ2) is 8.10. The van der Waals surface area contributed by atoms with Crippen LogP contribution in [0.5, 0.6) is 0 Å². The van der Waals surface area contributed by atoms with Gasteiger partial charge in [-0.15, -0.1) is 11.3 Å². The molecule has 4 aromatic rings. The van der Waals surface area contributed by atoms with Gasteiger partial charge in [0.05, 0.1) is 0 Å². The maximum atomic E-state index is 12.4. The van der Waals surface area contributed by atoms with Crippen LogP contribution in [0.3, 0.4) is 0 Å². The fourth-order valence-electron chi connectivity index (χ4n) is 2.78. The zero-order valence-electron chi connectivity index (χ0n) is 15.2. The summed E-state index contributed by atoms with van der Waals surface area (Å²) in [5, 5.41) is 3.28. The lowest BCUT2D eigenvalue weighted by molar-refractivity contribution is 0.0468. The molecule has 4 rings (SSSR count). The maximum Gasteiger partial charge on any atom is 0.358 e. The third-order valence-electron chi connectivity index (χ3n) is 4.21. The summed E-state index contributed by atoms with van der Waals surface area (Å²) in [6.45, 7) is 1.84. The third-order valence-corrected chi connectivity index (χ3v) is 5.40. The normalized spacial score (nSPS) is 11.0. The predicted octanol–water partition coefficient (Wildman–Crippen LogP) is 4.28. The molecule has 0 aliphatic rings. The van der Waals surface area contributed by atoms with E-state index < -0.39 is 11.6 Å². The van der Waals surface area contributed by atoms with Crippen LogP contribution in [-0.2, 0) is 17.8 Å². The van der Waals surface area contributed by atoms with Crippen molar-refractivity contribution >= 4 is 39.9 Å². The molecule has 1 aromatic carbocycles. The Bertz CT molecular complexity index is 1250. The lowest BCUT2D eigenvalue weighted by atomic mass is 10.1. The molecule has 0 amide bonds. The standard InChI is InChI=1S/C20H14ClN3O4S/c1-2-11-6-16-13(8-14(11)21)12(7-17(25)28-16)9-27-20(26)15-10-29-19(24-15)18-22-4-3-5-23-18/h3-8,10H,2,9H2,1H3. The molecule has 0 saturated carbocycles. The van der Waals surface area contributed by atoms with E-state index in [-0.39, 0.29) is 12.3 Å². The average molecular weight is 428 g/mol. The molecule has 0 atom stereocenters. The van der Waals surface area contributed by atoms with Gasteiger partial charge in [0.25, 0.3) is 0 Å². The molecule has 0 aliphatic carbocycles. The highest BCUT2D eigenvalue weighted by molar-refractivity contribution is 7.13. The van der Waals surface area contributed by atoms with E-state index in [2.05, 4.69) is 15.0 Å². The minimum absolute atomic E-state index is 0.114. The predicted molar refractivity (Wildman–Crippen MR) is 109 cm³/mol. The summed E-state index contributed by atoms with van der Waals surface area (Å²) in [7, 11) is 0. The van der Waals surface area contributed by atoms with Gasteiger partial charge in [-0.25, -0.2) is 24.5 Å². The van der Waals surface area contributed by atoms with E-state index in [1.54, 1.807) is 36.0 Å². The molecule has 0 aliphatic heterocycles. The van der Waals surface area contributed by atoms with Crippen LogP contribution in [0.1, 0.15) is 28.5 Å². The van der Waals surface area contributed by atoms with Crippen LogP contribution in [-0.4, -0.2) is 20.9 Å².